The Bertz CT molecular complexity index is 665. The fraction of sp³-hybridized carbons (Fsp3) is 0.278. The zero-order chi connectivity index (χ0) is 16.3. The van der Waals surface area contributed by atoms with Crippen LogP contribution in [0.2, 0.25) is 19.6 Å². The van der Waals surface area contributed by atoms with E-state index in [4.69, 9.17) is 0 Å². The van der Waals surface area contributed by atoms with Crippen LogP contribution in [0.25, 0.3) is 11.1 Å². The molecule has 0 heterocycles. The number of benzene rings is 2. The minimum atomic E-state index is -1.50. The van der Waals surface area contributed by atoms with Gasteiger partial charge in [0, 0.05) is 11.2 Å². The van der Waals surface area contributed by atoms with Crippen molar-refractivity contribution in [2.45, 2.75) is 25.3 Å². The summed E-state index contributed by atoms with van der Waals surface area (Å²) in [6, 6.07) is 16.0. The molecule has 2 aromatic rings. The number of thiol groups is 1. The smallest absolute Gasteiger partial charge is 0.216 e. The average Bonchev–Trinajstić information content (AvgIpc) is 2.47. The van der Waals surface area contributed by atoms with Gasteiger partial charge >= 0.3 is 0 Å². The molecule has 0 aliphatic carbocycles. The highest BCUT2D eigenvalue weighted by Crippen LogP contribution is 2.36. The third kappa shape index (κ3) is 3.51. The molecule has 2 nitrogen and oxygen atoms in total. The molecule has 2 rings (SSSR count). The van der Waals surface area contributed by atoms with E-state index in [0.29, 0.717) is 5.56 Å². The summed E-state index contributed by atoms with van der Waals surface area (Å²) in [5.74, 6) is 0. The fourth-order valence-electron chi connectivity index (χ4n) is 2.97. The first kappa shape index (κ1) is 17.0. The molecule has 0 saturated heterocycles. The van der Waals surface area contributed by atoms with Crippen molar-refractivity contribution in [3.05, 3.63) is 59.7 Å². The van der Waals surface area contributed by atoms with Crippen LogP contribution >= 0.6 is 12.6 Å². The minimum absolute atomic E-state index is 0.189. The fourth-order valence-corrected chi connectivity index (χ4v) is 5.20. The van der Waals surface area contributed by atoms with Gasteiger partial charge in [-0.15, -0.1) is 12.6 Å². The molecule has 1 N–H and O–H groups in total. The van der Waals surface area contributed by atoms with Crippen LogP contribution in [-0.2, 0) is 0 Å². The maximum atomic E-state index is 12.0. The number of carbonyl (C=O) groups is 1. The summed E-state index contributed by atoms with van der Waals surface area (Å²) in [7, 11) is 0.496. The van der Waals surface area contributed by atoms with Crippen LogP contribution in [0.5, 0.6) is 0 Å². The highest BCUT2D eigenvalue weighted by molar-refractivity contribution is 7.97. The predicted octanol–water partition coefficient (Wildman–Crippen LogP) is 4.56. The van der Waals surface area contributed by atoms with Crippen molar-refractivity contribution in [1.82, 2.24) is 5.32 Å². The quantitative estimate of drug-likeness (QED) is 0.622. The van der Waals surface area contributed by atoms with E-state index in [1.807, 2.05) is 37.4 Å². The molecule has 0 saturated carbocycles. The van der Waals surface area contributed by atoms with Crippen LogP contribution in [0.1, 0.15) is 21.6 Å². The van der Waals surface area contributed by atoms with Gasteiger partial charge in [-0.2, -0.15) is 0 Å². The zero-order valence-electron chi connectivity index (χ0n) is 13.6. The van der Waals surface area contributed by atoms with Crippen molar-refractivity contribution >= 4 is 25.8 Å². The van der Waals surface area contributed by atoms with Gasteiger partial charge in [-0.1, -0.05) is 62.1 Å². The average molecular weight is 330 g/mol. The van der Waals surface area contributed by atoms with Crippen LogP contribution in [0.4, 0.5) is 0 Å². The highest BCUT2D eigenvalue weighted by atomic mass is 32.1. The van der Waals surface area contributed by atoms with E-state index in [1.165, 1.54) is 5.56 Å². The molecule has 0 bridgehead atoms. The Balaban J connectivity index is 2.75. The Hall–Kier alpha value is -1.36. The van der Waals surface area contributed by atoms with Crippen LogP contribution < -0.4 is 5.32 Å². The van der Waals surface area contributed by atoms with Crippen molar-refractivity contribution in [3.63, 3.8) is 0 Å². The van der Waals surface area contributed by atoms with Crippen molar-refractivity contribution in [2.24, 2.45) is 0 Å². The topological polar surface area (TPSA) is 29.1 Å². The van der Waals surface area contributed by atoms with Crippen molar-refractivity contribution in [2.75, 3.05) is 7.05 Å². The van der Waals surface area contributed by atoms with E-state index >= 15 is 0 Å². The molecular weight excluding hydrogens is 306 g/mol. The summed E-state index contributed by atoms with van der Waals surface area (Å²) in [6.45, 7) is 6.99. The first-order chi connectivity index (χ1) is 10.4. The number of nitrogens with one attached hydrogen (secondary N) is 1. The van der Waals surface area contributed by atoms with E-state index in [1.54, 1.807) is 0 Å². The summed E-state index contributed by atoms with van der Waals surface area (Å²) in [5, 5.41) is 3.27. The number of carbonyl (C=O) groups excluding carboxylic acids is 1. The van der Waals surface area contributed by atoms with Gasteiger partial charge in [-0.3, -0.25) is 4.79 Å². The summed E-state index contributed by atoms with van der Waals surface area (Å²) in [6.07, 6.45) is 0. The van der Waals surface area contributed by atoms with Crippen LogP contribution in [0.3, 0.4) is 0 Å². The standard InChI is InChI=1S/C18H23NOSSi/c1-19-17(22(2,3)4)14-11-8-12-15(18(20)21)16(14)13-9-6-5-7-10-13/h5-12,17,19H,1-4H3,(H,20,21). The Morgan fingerprint density at radius 2 is 1.68 bits per heavy atom. The molecule has 0 aromatic heterocycles. The van der Waals surface area contributed by atoms with E-state index in [9.17, 15) is 4.79 Å². The second-order valence-corrected chi connectivity index (χ2v) is 12.2. The lowest BCUT2D eigenvalue weighted by Gasteiger charge is -2.31. The van der Waals surface area contributed by atoms with E-state index in [0.717, 1.165) is 11.1 Å². The van der Waals surface area contributed by atoms with E-state index in [-0.39, 0.29) is 10.8 Å². The molecule has 0 radical (unpaired) electrons. The van der Waals surface area contributed by atoms with Gasteiger partial charge in [0.25, 0.3) is 0 Å². The Kier molecular flexibility index (Phi) is 5.27. The van der Waals surface area contributed by atoms with Gasteiger partial charge in [0.2, 0.25) is 5.12 Å². The summed E-state index contributed by atoms with van der Waals surface area (Å²) in [5.41, 5.74) is 4.20. The second-order valence-electron chi connectivity index (χ2n) is 6.53. The van der Waals surface area contributed by atoms with Crippen LogP contribution in [0.15, 0.2) is 48.5 Å². The minimum Gasteiger partial charge on any atom is -0.316 e. The molecule has 1 unspecified atom stereocenters. The summed E-state index contributed by atoms with van der Waals surface area (Å²) >= 11 is 4.08. The third-order valence-electron chi connectivity index (χ3n) is 3.86. The Labute approximate surface area is 139 Å². The molecular formula is C18H23NOSSi. The number of hydrogen-bond donors (Lipinski definition) is 2. The maximum absolute atomic E-state index is 12.0. The van der Waals surface area contributed by atoms with Crippen LogP contribution in [-0.4, -0.2) is 20.2 Å². The second kappa shape index (κ2) is 6.81. The molecule has 4 heteroatoms. The molecule has 0 aliphatic rings. The molecule has 22 heavy (non-hydrogen) atoms. The van der Waals surface area contributed by atoms with E-state index in [2.05, 4.69) is 55.8 Å². The van der Waals surface area contributed by atoms with Crippen LogP contribution in [0, 0.1) is 0 Å². The van der Waals surface area contributed by atoms with Gasteiger partial charge < -0.3 is 5.32 Å². The largest absolute Gasteiger partial charge is 0.316 e. The van der Waals surface area contributed by atoms with Gasteiger partial charge in [-0.05, 0) is 29.8 Å². The zero-order valence-corrected chi connectivity index (χ0v) is 15.4. The lowest BCUT2D eigenvalue weighted by molar-refractivity contribution is 0.109. The molecule has 0 spiro atoms. The summed E-state index contributed by atoms with van der Waals surface area (Å²) < 4.78 is 0. The van der Waals surface area contributed by atoms with Gasteiger partial charge in [-0.25, -0.2) is 0 Å². The molecule has 0 aliphatic heterocycles. The third-order valence-corrected chi connectivity index (χ3v) is 6.43. The van der Waals surface area contributed by atoms with E-state index < -0.39 is 8.07 Å². The monoisotopic (exact) mass is 329 g/mol. The molecule has 116 valence electrons. The molecule has 0 amide bonds. The summed E-state index contributed by atoms with van der Waals surface area (Å²) in [4.78, 5) is 12.0. The lowest BCUT2D eigenvalue weighted by atomic mass is 9.94. The lowest BCUT2D eigenvalue weighted by Crippen LogP contribution is -2.39. The SMILES string of the molecule is CNC(c1cccc(C(=O)S)c1-c1ccccc1)[Si](C)(C)C. The van der Waals surface area contributed by atoms with Crippen molar-refractivity contribution < 1.29 is 4.79 Å². The Morgan fingerprint density at radius 3 is 2.18 bits per heavy atom. The van der Waals surface area contributed by atoms with Crippen molar-refractivity contribution in [1.29, 1.82) is 0 Å². The first-order valence-corrected chi connectivity index (χ1v) is 11.5. The normalized spacial score (nSPS) is 13.0. The first-order valence-electron chi connectivity index (χ1n) is 7.45. The van der Waals surface area contributed by atoms with Crippen molar-refractivity contribution in [3.8, 4) is 11.1 Å². The maximum Gasteiger partial charge on any atom is 0.216 e. The number of hydrogen-bond acceptors (Lipinski definition) is 2. The molecule has 1 atom stereocenters. The van der Waals surface area contributed by atoms with Gasteiger partial charge in [0.05, 0.1) is 8.07 Å². The Morgan fingerprint density at radius 1 is 1.05 bits per heavy atom. The molecule has 2 aromatic carbocycles. The number of rotatable bonds is 5. The van der Waals surface area contributed by atoms with Gasteiger partial charge in [0.1, 0.15) is 0 Å². The van der Waals surface area contributed by atoms with Gasteiger partial charge in [0.15, 0.2) is 0 Å². The highest BCUT2D eigenvalue weighted by Gasteiger charge is 2.30. The molecule has 0 fully saturated rings. The predicted molar refractivity (Wildman–Crippen MR) is 100 cm³/mol.